The van der Waals surface area contributed by atoms with E-state index in [0.29, 0.717) is 38.8 Å². The van der Waals surface area contributed by atoms with Crippen LogP contribution in [0.25, 0.3) is 0 Å². The van der Waals surface area contributed by atoms with E-state index in [-0.39, 0.29) is 24.5 Å². The molecule has 11 heteroatoms. The number of carbonyl (C=O) groups excluding carboxylic acids is 1. The molecule has 1 aromatic rings. The van der Waals surface area contributed by atoms with E-state index >= 15 is 0 Å². The summed E-state index contributed by atoms with van der Waals surface area (Å²) < 4.78 is 18.0. The monoisotopic (exact) mass is 381 g/mol. The number of hydrogen-bond donors (Lipinski definition) is 1. The number of ether oxygens (including phenoxy) is 3. The molecule has 3 fully saturated rings. The van der Waals surface area contributed by atoms with Crippen molar-refractivity contribution in [2.24, 2.45) is 0 Å². The van der Waals surface area contributed by atoms with E-state index in [9.17, 15) is 4.79 Å². The predicted octanol–water partition coefficient (Wildman–Crippen LogP) is -2.28. The van der Waals surface area contributed by atoms with Gasteiger partial charge in [-0.1, -0.05) is 0 Å². The Morgan fingerprint density at radius 2 is 1.78 bits per heavy atom. The number of aromatic nitrogens is 4. The first-order chi connectivity index (χ1) is 13.3. The molecule has 0 aromatic carbocycles. The van der Waals surface area contributed by atoms with E-state index in [1.165, 1.54) is 0 Å². The second kappa shape index (κ2) is 9.02. The molecule has 2 atom stereocenters. The number of hydrogen-bond acceptors (Lipinski definition) is 9. The number of morpholine rings is 2. The third-order valence-electron chi connectivity index (χ3n) is 5.28. The van der Waals surface area contributed by atoms with Crippen LogP contribution in [0.2, 0.25) is 0 Å². The highest BCUT2D eigenvalue weighted by atomic mass is 16.5. The zero-order valence-electron chi connectivity index (χ0n) is 15.5. The second-order valence-electron chi connectivity index (χ2n) is 7.07. The minimum atomic E-state index is -0.0979. The fraction of sp³-hybridized carbons (Fsp3) is 0.875. The molecule has 1 aromatic heterocycles. The Morgan fingerprint density at radius 1 is 1.04 bits per heavy atom. The Morgan fingerprint density at radius 3 is 2.56 bits per heavy atom. The van der Waals surface area contributed by atoms with Crippen LogP contribution in [0, 0.1) is 0 Å². The van der Waals surface area contributed by atoms with Gasteiger partial charge in [0.05, 0.1) is 58.3 Å². The van der Waals surface area contributed by atoms with Crippen LogP contribution in [0.5, 0.6) is 0 Å². The molecule has 11 nitrogen and oxygen atoms in total. The van der Waals surface area contributed by atoms with E-state index in [4.69, 9.17) is 14.2 Å². The Hall–Kier alpha value is -1.66. The summed E-state index contributed by atoms with van der Waals surface area (Å²) in [5.74, 6) is 0.596. The first kappa shape index (κ1) is 18.7. The molecule has 3 aliphatic heterocycles. The maximum atomic E-state index is 12.6. The van der Waals surface area contributed by atoms with Gasteiger partial charge in [-0.25, -0.2) is 4.68 Å². The van der Waals surface area contributed by atoms with Crippen molar-refractivity contribution in [1.82, 2.24) is 35.3 Å². The van der Waals surface area contributed by atoms with Crippen LogP contribution in [-0.4, -0.2) is 114 Å². The lowest BCUT2D eigenvalue weighted by atomic mass is 10.1. The largest absolute Gasteiger partial charge is 0.379 e. The molecule has 3 saturated heterocycles. The van der Waals surface area contributed by atoms with Crippen LogP contribution in [0.4, 0.5) is 0 Å². The molecule has 4 rings (SSSR count). The number of carbonyl (C=O) groups is 1. The van der Waals surface area contributed by atoms with Crippen LogP contribution in [0.15, 0.2) is 0 Å². The normalized spacial score (nSPS) is 27.7. The summed E-state index contributed by atoms with van der Waals surface area (Å²) in [6, 6.07) is 0.175. The summed E-state index contributed by atoms with van der Waals surface area (Å²) in [6.45, 7) is 8.22. The molecule has 0 radical (unpaired) electrons. The lowest BCUT2D eigenvalue weighted by molar-refractivity contribution is -0.123. The van der Waals surface area contributed by atoms with Gasteiger partial charge in [0, 0.05) is 26.2 Å². The highest BCUT2D eigenvalue weighted by molar-refractivity contribution is 5.76. The van der Waals surface area contributed by atoms with E-state index in [1.54, 1.807) is 4.68 Å². The predicted molar refractivity (Wildman–Crippen MR) is 92.8 cm³/mol. The maximum absolute atomic E-state index is 12.6. The summed E-state index contributed by atoms with van der Waals surface area (Å²) in [6.07, 6.45) is 0. The van der Waals surface area contributed by atoms with Crippen LogP contribution in [-0.2, 0) is 32.1 Å². The number of rotatable bonds is 6. The molecule has 0 spiro atoms. The molecule has 4 heterocycles. The lowest BCUT2D eigenvalue weighted by Gasteiger charge is -2.34. The van der Waals surface area contributed by atoms with Gasteiger partial charge in [-0.3, -0.25) is 14.6 Å². The number of nitrogens with one attached hydrogen (secondary N) is 1. The minimum absolute atomic E-state index is 0.0187. The summed E-state index contributed by atoms with van der Waals surface area (Å²) >= 11 is 0. The molecule has 0 saturated carbocycles. The fourth-order valence-electron chi connectivity index (χ4n) is 3.76. The van der Waals surface area contributed by atoms with Crippen molar-refractivity contribution in [3.63, 3.8) is 0 Å². The number of nitrogens with zero attached hydrogens (tertiary/aromatic N) is 6. The van der Waals surface area contributed by atoms with Crippen LogP contribution < -0.4 is 5.32 Å². The maximum Gasteiger partial charge on any atom is 0.242 e. The van der Waals surface area contributed by atoms with Gasteiger partial charge in [-0.15, -0.1) is 5.10 Å². The molecule has 1 amide bonds. The molecule has 0 unspecified atom stereocenters. The van der Waals surface area contributed by atoms with Gasteiger partial charge < -0.3 is 19.5 Å². The van der Waals surface area contributed by atoms with Crippen LogP contribution in [0.1, 0.15) is 5.82 Å². The molecule has 3 aliphatic rings. The molecule has 1 N–H and O–H groups in total. The number of amides is 1. The Kier molecular flexibility index (Phi) is 6.24. The first-order valence-electron chi connectivity index (χ1n) is 9.53. The van der Waals surface area contributed by atoms with Crippen molar-refractivity contribution in [2.75, 3.05) is 65.8 Å². The SMILES string of the molecule is O=C(Cn1nnnc1CN1CCOCC1)N[C@@H]1COC[C@H]1N1CCOCC1. The molecule has 0 bridgehead atoms. The van der Waals surface area contributed by atoms with Crippen molar-refractivity contribution < 1.29 is 19.0 Å². The fourth-order valence-corrected chi connectivity index (χ4v) is 3.76. The Bertz CT molecular complexity index is 616. The lowest BCUT2D eigenvalue weighted by Crippen LogP contribution is -2.54. The Balaban J connectivity index is 1.30. The molecule has 0 aliphatic carbocycles. The van der Waals surface area contributed by atoms with Gasteiger partial charge in [0.15, 0.2) is 5.82 Å². The second-order valence-corrected chi connectivity index (χ2v) is 7.07. The zero-order valence-corrected chi connectivity index (χ0v) is 15.5. The van der Waals surface area contributed by atoms with E-state index < -0.39 is 0 Å². The highest BCUT2D eigenvalue weighted by Gasteiger charge is 2.35. The van der Waals surface area contributed by atoms with E-state index in [0.717, 1.165) is 39.4 Å². The van der Waals surface area contributed by atoms with Crippen LogP contribution in [0.3, 0.4) is 0 Å². The van der Waals surface area contributed by atoms with Crippen molar-refractivity contribution >= 4 is 5.91 Å². The highest BCUT2D eigenvalue weighted by Crippen LogP contribution is 2.15. The summed E-state index contributed by atoms with van der Waals surface area (Å²) in [7, 11) is 0. The van der Waals surface area contributed by atoms with Gasteiger partial charge in [-0.2, -0.15) is 0 Å². The van der Waals surface area contributed by atoms with Crippen molar-refractivity contribution in [2.45, 2.75) is 25.2 Å². The van der Waals surface area contributed by atoms with Crippen molar-refractivity contribution in [3.05, 3.63) is 5.82 Å². The standard InChI is InChI=1S/C16H27N7O4/c24-16(17-13-11-27-12-14(13)22-3-7-26-8-4-22)10-23-15(18-19-20-23)9-21-1-5-25-6-2-21/h13-14H,1-12H2,(H,17,24)/t13-,14-/m1/s1. The van der Waals surface area contributed by atoms with Gasteiger partial charge in [0.2, 0.25) is 5.91 Å². The van der Waals surface area contributed by atoms with Gasteiger partial charge in [0.25, 0.3) is 0 Å². The molecule has 27 heavy (non-hydrogen) atoms. The molecular formula is C16H27N7O4. The van der Waals surface area contributed by atoms with E-state index in [1.807, 2.05) is 0 Å². The molecular weight excluding hydrogens is 354 g/mol. The summed E-state index contributed by atoms with van der Waals surface area (Å²) in [4.78, 5) is 17.1. The smallest absolute Gasteiger partial charge is 0.242 e. The zero-order chi connectivity index (χ0) is 18.5. The summed E-state index contributed by atoms with van der Waals surface area (Å²) in [5.41, 5.74) is 0. The minimum Gasteiger partial charge on any atom is -0.379 e. The first-order valence-corrected chi connectivity index (χ1v) is 9.53. The average molecular weight is 381 g/mol. The summed E-state index contributed by atoms with van der Waals surface area (Å²) in [5, 5.41) is 14.9. The van der Waals surface area contributed by atoms with Gasteiger partial charge in [0.1, 0.15) is 6.54 Å². The average Bonchev–Trinajstić information content (AvgIpc) is 3.33. The topological polar surface area (TPSA) is 107 Å². The van der Waals surface area contributed by atoms with Gasteiger partial charge >= 0.3 is 0 Å². The van der Waals surface area contributed by atoms with Crippen molar-refractivity contribution in [3.8, 4) is 0 Å². The number of tetrazole rings is 1. The third-order valence-corrected chi connectivity index (χ3v) is 5.28. The van der Waals surface area contributed by atoms with Gasteiger partial charge in [-0.05, 0) is 10.4 Å². The molecule has 150 valence electrons. The van der Waals surface area contributed by atoms with Crippen molar-refractivity contribution in [1.29, 1.82) is 0 Å². The Labute approximate surface area is 157 Å². The van der Waals surface area contributed by atoms with E-state index in [2.05, 4.69) is 30.6 Å². The van der Waals surface area contributed by atoms with Crippen LogP contribution >= 0.6 is 0 Å². The quantitative estimate of drug-likeness (QED) is 0.583. The third kappa shape index (κ3) is 4.79.